The lowest BCUT2D eigenvalue weighted by atomic mass is 10.2. The van der Waals surface area contributed by atoms with Crippen LogP contribution in [0, 0.1) is 0 Å². The van der Waals surface area contributed by atoms with E-state index in [1.54, 1.807) is 11.8 Å². The largest absolute Gasteiger partial charge is 0.414 e. The summed E-state index contributed by atoms with van der Waals surface area (Å²) in [5.41, 5.74) is 0. The van der Waals surface area contributed by atoms with E-state index in [1.807, 2.05) is 0 Å². The summed E-state index contributed by atoms with van der Waals surface area (Å²) in [7, 11) is 0. The molecule has 0 saturated carbocycles. The molecule has 0 aliphatic carbocycles. The summed E-state index contributed by atoms with van der Waals surface area (Å²) < 4.78 is 5.56. The van der Waals surface area contributed by atoms with E-state index < -0.39 is 0 Å². The summed E-state index contributed by atoms with van der Waals surface area (Å²) in [5, 5.41) is 12.6. The van der Waals surface area contributed by atoms with E-state index >= 15 is 0 Å². The molecule has 15 heavy (non-hydrogen) atoms. The standard InChI is InChI=1S/C9H15N3OS.ClH/c1-6(2)14-9-12-11-8(13-9)7-4-3-5-10-7;/h6-7,10H,3-5H2,1-2H3;1H/t7-;/m0./s1. The van der Waals surface area contributed by atoms with Crippen LogP contribution in [0.4, 0.5) is 0 Å². The maximum absolute atomic E-state index is 5.56. The Morgan fingerprint density at radius 2 is 2.27 bits per heavy atom. The zero-order chi connectivity index (χ0) is 9.97. The first kappa shape index (κ1) is 12.8. The molecule has 1 aromatic rings. The Bertz CT molecular complexity index is 299. The Hall–Kier alpha value is -0.260. The molecule has 1 N–H and O–H groups in total. The lowest BCUT2D eigenvalue weighted by Gasteiger charge is -2.02. The van der Waals surface area contributed by atoms with E-state index in [9.17, 15) is 0 Å². The van der Waals surface area contributed by atoms with Crippen molar-refractivity contribution >= 4 is 24.2 Å². The second kappa shape index (κ2) is 5.72. The van der Waals surface area contributed by atoms with Gasteiger partial charge in [-0.3, -0.25) is 0 Å². The van der Waals surface area contributed by atoms with Crippen molar-refractivity contribution in [1.82, 2.24) is 15.5 Å². The zero-order valence-corrected chi connectivity index (χ0v) is 10.5. The summed E-state index contributed by atoms with van der Waals surface area (Å²) in [6.07, 6.45) is 2.30. The molecule has 2 heterocycles. The third-order valence-corrected chi connectivity index (χ3v) is 2.96. The third kappa shape index (κ3) is 3.36. The van der Waals surface area contributed by atoms with Crippen LogP contribution < -0.4 is 5.32 Å². The Kier molecular flexibility index (Phi) is 4.89. The van der Waals surface area contributed by atoms with Crippen molar-refractivity contribution in [2.75, 3.05) is 6.54 Å². The molecule has 1 fully saturated rings. The van der Waals surface area contributed by atoms with Gasteiger partial charge in [-0.25, -0.2) is 0 Å². The van der Waals surface area contributed by atoms with E-state index in [-0.39, 0.29) is 18.4 Å². The topological polar surface area (TPSA) is 51.0 Å². The molecule has 2 rings (SSSR count). The molecule has 0 amide bonds. The summed E-state index contributed by atoms with van der Waals surface area (Å²) >= 11 is 1.61. The van der Waals surface area contributed by atoms with Crippen LogP contribution in [0.3, 0.4) is 0 Å². The van der Waals surface area contributed by atoms with E-state index in [4.69, 9.17) is 4.42 Å². The molecule has 0 spiro atoms. The number of thioether (sulfide) groups is 1. The van der Waals surface area contributed by atoms with Gasteiger partial charge < -0.3 is 9.73 Å². The number of halogens is 1. The fourth-order valence-electron chi connectivity index (χ4n) is 1.51. The summed E-state index contributed by atoms with van der Waals surface area (Å²) in [4.78, 5) is 0. The van der Waals surface area contributed by atoms with Gasteiger partial charge in [0, 0.05) is 5.25 Å². The van der Waals surface area contributed by atoms with Crippen LogP contribution in [0.25, 0.3) is 0 Å². The van der Waals surface area contributed by atoms with Crippen molar-refractivity contribution in [2.24, 2.45) is 0 Å². The van der Waals surface area contributed by atoms with Gasteiger partial charge in [0.2, 0.25) is 5.89 Å². The van der Waals surface area contributed by atoms with Gasteiger partial charge in [0.15, 0.2) is 0 Å². The molecule has 1 aliphatic heterocycles. The average Bonchev–Trinajstić information content (AvgIpc) is 2.69. The van der Waals surface area contributed by atoms with Crippen molar-refractivity contribution in [3.8, 4) is 0 Å². The van der Waals surface area contributed by atoms with Crippen LogP contribution in [0.1, 0.15) is 38.6 Å². The van der Waals surface area contributed by atoms with Crippen LogP contribution in [0.15, 0.2) is 9.64 Å². The number of hydrogen-bond acceptors (Lipinski definition) is 5. The Balaban J connectivity index is 0.00000112. The van der Waals surface area contributed by atoms with Crippen LogP contribution in [0.5, 0.6) is 0 Å². The first-order valence-corrected chi connectivity index (χ1v) is 5.87. The van der Waals surface area contributed by atoms with Crippen molar-refractivity contribution in [3.05, 3.63) is 5.89 Å². The maximum Gasteiger partial charge on any atom is 0.276 e. The van der Waals surface area contributed by atoms with Gasteiger partial charge in [0.05, 0.1) is 6.04 Å². The quantitative estimate of drug-likeness (QED) is 0.834. The molecule has 4 nitrogen and oxygen atoms in total. The van der Waals surface area contributed by atoms with Gasteiger partial charge in [-0.1, -0.05) is 25.6 Å². The van der Waals surface area contributed by atoms with Crippen molar-refractivity contribution in [1.29, 1.82) is 0 Å². The molecular formula is C9H16ClN3OS. The average molecular weight is 250 g/mol. The van der Waals surface area contributed by atoms with Crippen molar-refractivity contribution in [2.45, 2.75) is 43.2 Å². The van der Waals surface area contributed by atoms with Gasteiger partial charge in [-0.05, 0) is 19.4 Å². The Morgan fingerprint density at radius 1 is 1.47 bits per heavy atom. The summed E-state index contributed by atoms with van der Waals surface area (Å²) in [6, 6.07) is 0.281. The van der Waals surface area contributed by atoms with Gasteiger partial charge in [0.1, 0.15) is 0 Å². The maximum atomic E-state index is 5.56. The molecule has 86 valence electrons. The van der Waals surface area contributed by atoms with Crippen LogP contribution in [-0.2, 0) is 0 Å². The van der Waals surface area contributed by atoms with Gasteiger partial charge in [-0.15, -0.1) is 22.6 Å². The van der Waals surface area contributed by atoms with Gasteiger partial charge in [-0.2, -0.15) is 0 Å². The highest BCUT2D eigenvalue weighted by Gasteiger charge is 2.22. The van der Waals surface area contributed by atoms with Crippen LogP contribution >= 0.6 is 24.2 Å². The molecule has 0 bridgehead atoms. The van der Waals surface area contributed by atoms with E-state index in [0.29, 0.717) is 10.5 Å². The first-order valence-electron chi connectivity index (χ1n) is 4.99. The SMILES string of the molecule is CC(C)Sc1nnc([C@@H]2CCCN2)o1.Cl. The molecule has 1 atom stereocenters. The monoisotopic (exact) mass is 249 g/mol. The molecule has 6 heteroatoms. The first-order chi connectivity index (χ1) is 6.75. The van der Waals surface area contributed by atoms with Gasteiger partial charge in [0.25, 0.3) is 5.22 Å². The lowest BCUT2D eigenvalue weighted by Crippen LogP contribution is -2.12. The Labute approximate surface area is 100 Å². The highest BCUT2D eigenvalue weighted by molar-refractivity contribution is 7.99. The van der Waals surface area contributed by atoms with E-state index in [2.05, 4.69) is 29.4 Å². The normalized spacial score (nSPS) is 20.6. The number of hydrogen-bond donors (Lipinski definition) is 1. The van der Waals surface area contributed by atoms with Crippen LogP contribution in [-0.4, -0.2) is 22.0 Å². The highest BCUT2D eigenvalue weighted by atomic mass is 35.5. The molecular weight excluding hydrogens is 234 g/mol. The zero-order valence-electron chi connectivity index (χ0n) is 8.90. The van der Waals surface area contributed by atoms with E-state index in [0.717, 1.165) is 18.9 Å². The number of nitrogens with one attached hydrogen (secondary N) is 1. The number of nitrogens with zero attached hydrogens (tertiary/aromatic N) is 2. The highest BCUT2D eigenvalue weighted by Crippen LogP contribution is 2.26. The second-order valence-corrected chi connectivity index (χ2v) is 5.25. The molecule has 1 aromatic heterocycles. The van der Waals surface area contributed by atoms with Crippen molar-refractivity contribution < 1.29 is 4.42 Å². The fraction of sp³-hybridized carbons (Fsp3) is 0.778. The third-order valence-electron chi connectivity index (χ3n) is 2.12. The predicted octanol–water partition coefficient (Wildman–Crippen LogP) is 2.42. The summed E-state index contributed by atoms with van der Waals surface area (Å²) in [5.74, 6) is 0.741. The lowest BCUT2D eigenvalue weighted by molar-refractivity contribution is 0.373. The minimum atomic E-state index is 0. The second-order valence-electron chi connectivity index (χ2n) is 3.72. The Morgan fingerprint density at radius 3 is 2.87 bits per heavy atom. The molecule has 0 radical (unpaired) electrons. The molecule has 1 saturated heterocycles. The predicted molar refractivity (Wildman–Crippen MR) is 62.5 cm³/mol. The fourth-order valence-corrected chi connectivity index (χ4v) is 2.13. The van der Waals surface area contributed by atoms with Crippen LogP contribution in [0.2, 0.25) is 0 Å². The molecule has 0 unspecified atom stereocenters. The number of aromatic nitrogens is 2. The minimum Gasteiger partial charge on any atom is -0.414 e. The molecule has 1 aliphatic rings. The van der Waals surface area contributed by atoms with E-state index in [1.165, 1.54) is 6.42 Å². The van der Waals surface area contributed by atoms with Gasteiger partial charge >= 0.3 is 0 Å². The summed E-state index contributed by atoms with van der Waals surface area (Å²) in [6.45, 7) is 5.28. The molecule has 0 aromatic carbocycles. The number of rotatable bonds is 3. The van der Waals surface area contributed by atoms with Crippen molar-refractivity contribution in [3.63, 3.8) is 0 Å². The smallest absolute Gasteiger partial charge is 0.276 e. The minimum absolute atomic E-state index is 0.